The summed E-state index contributed by atoms with van der Waals surface area (Å²) in [6.45, 7) is 5.18. The van der Waals surface area contributed by atoms with Crippen LogP contribution in [0.5, 0.6) is 28.7 Å². The molecule has 0 radical (unpaired) electrons. The van der Waals surface area contributed by atoms with E-state index in [4.69, 9.17) is 35.3 Å². The maximum absolute atomic E-state index is 12.8. The minimum absolute atomic E-state index is 0.106. The summed E-state index contributed by atoms with van der Waals surface area (Å²) in [5.74, 6) is 2.06. The number of amides is 1. The van der Waals surface area contributed by atoms with Crippen molar-refractivity contribution in [2.24, 2.45) is 0 Å². The molecule has 0 saturated heterocycles. The molecule has 0 atom stereocenters. The van der Waals surface area contributed by atoms with Crippen molar-refractivity contribution in [1.82, 2.24) is 0 Å². The highest BCUT2D eigenvalue weighted by Crippen LogP contribution is 2.38. The van der Waals surface area contributed by atoms with E-state index in [-0.39, 0.29) is 17.2 Å². The van der Waals surface area contributed by atoms with E-state index < -0.39 is 5.91 Å². The lowest BCUT2D eigenvalue weighted by atomic mass is 10.1. The molecule has 4 rings (SSSR count). The van der Waals surface area contributed by atoms with E-state index in [0.717, 1.165) is 11.1 Å². The quantitative estimate of drug-likeness (QED) is 0.114. The minimum Gasteiger partial charge on any atom is -0.497 e. The number of benzene rings is 4. The van der Waals surface area contributed by atoms with Gasteiger partial charge in [0.25, 0.3) is 5.91 Å². The number of anilines is 1. The Kier molecular flexibility index (Phi) is 11.5. The molecule has 44 heavy (non-hydrogen) atoms. The van der Waals surface area contributed by atoms with Crippen LogP contribution in [-0.2, 0) is 18.0 Å². The third-order valence-corrected chi connectivity index (χ3v) is 6.56. The van der Waals surface area contributed by atoms with Crippen molar-refractivity contribution >= 4 is 29.3 Å². The Morgan fingerprint density at radius 2 is 1.52 bits per heavy atom. The molecule has 0 fully saturated rings. The molecule has 0 unspecified atom stereocenters. The Morgan fingerprint density at radius 3 is 2.20 bits per heavy atom. The molecule has 1 N–H and O–H groups in total. The van der Waals surface area contributed by atoms with E-state index in [1.165, 1.54) is 6.08 Å². The van der Waals surface area contributed by atoms with Gasteiger partial charge in [0.15, 0.2) is 23.0 Å². The highest BCUT2D eigenvalue weighted by molar-refractivity contribution is 6.32. The Balaban J connectivity index is 1.49. The fourth-order valence-electron chi connectivity index (χ4n) is 4.18. The van der Waals surface area contributed by atoms with Crippen LogP contribution in [0.4, 0.5) is 5.69 Å². The van der Waals surface area contributed by atoms with Gasteiger partial charge in [0.1, 0.15) is 30.6 Å². The van der Waals surface area contributed by atoms with Gasteiger partial charge in [-0.25, -0.2) is 0 Å². The number of rotatable bonds is 14. The van der Waals surface area contributed by atoms with Crippen LogP contribution in [0.1, 0.15) is 30.5 Å². The molecule has 4 aromatic carbocycles. The monoisotopic (exact) mass is 612 g/mol. The number of carbonyl (C=O) groups excluding carboxylic acids is 1. The van der Waals surface area contributed by atoms with E-state index in [2.05, 4.69) is 5.32 Å². The van der Waals surface area contributed by atoms with E-state index in [0.29, 0.717) is 59.8 Å². The van der Waals surface area contributed by atoms with Crippen molar-refractivity contribution in [3.8, 4) is 34.8 Å². The fraction of sp³-hybridized carbons (Fsp3) is 0.200. The van der Waals surface area contributed by atoms with Crippen LogP contribution in [-0.4, -0.2) is 26.2 Å². The first-order valence-electron chi connectivity index (χ1n) is 14.0. The van der Waals surface area contributed by atoms with Crippen molar-refractivity contribution in [3.63, 3.8) is 0 Å². The molecule has 9 heteroatoms. The van der Waals surface area contributed by atoms with Crippen LogP contribution < -0.4 is 29.0 Å². The van der Waals surface area contributed by atoms with Gasteiger partial charge >= 0.3 is 0 Å². The molecule has 0 aliphatic heterocycles. The number of nitrogens with one attached hydrogen (secondary N) is 1. The Labute approximate surface area is 262 Å². The largest absolute Gasteiger partial charge is 0.497 e. The Morgan fingerprint density at radius 1 is 0.818 bits per heavy atom. The van der Waals surface area contributed by atoms with Gasteiger partial charge in [0, 0.05) is 5.69 Å². The molecule has 0 aromatic heterocycles. The smallest absolute Gasteiger partial charge is 0.266 e. The van der Waals surface area contributed by atoms with Crippen LogP contribution in [0, 0.1) is 11.3 Å². The van der Waals surface area contributed by atoms with Gasteiger partial charge in [0.05, 0.1) is 25.3 Å². The zero-order valence-corrected chi connectivity index (χ0v) is 25.5. The van der Waals surface area contributed by atoms with E-state index in [1.807, 2.05) is 68.4 Å². The maximum atomic E-state index is 12.8. The SMILES string of the molecule is CCOc1cc(COc2c(Cl)cc(/C=C(/C#N)C(=O)Nc3ccc(OC)cc3)cc2OCC)ccc1OCc1ccccc1. The van der Waals surface area contributed by atoms with Crippen LogP contribution in [0.15, 0.2) is 90.5 Å². The van der Waals surface area contributed by atoms with Crippen LogP contribution in [0.2, 0.25) is 5.02 Å². The maximum Gasteiger partial charge on any atom is 0.266 e. The number of halogens is 1. The molecule has 1 amide bonds. The second-order valence-corrected chi connectivity index (χ2v) is 9.80. The third-order valence-electron chi connectivity index (χ3n) is 6.28. The van der Waals surface area contributed by atoms with E-state index in [1.54, 1.807) is 43.5 Å². The summed E-state index contributed by atoms with van der Waals surface area (Å²) < 4.78 is 28.9. The molecule has 0 aliphatic carbocycles. The van der Waals surface area contributed by atoms with Gasteiger partial charge in [-0.05, 0) is 85.1 Å². The molecule has 226 valence electrons. The summed E-state index contributed by atoms with van der Waals surface area (Å²) in [5, 5.41) is 12.7. The number of hydrogen-bond acceptors (Lipinski definition) is 7. The second-order valence-electron chi connectivity index (χ2n) is 9.39. The molecular weight excluding hydrogens is 580 g/mol. The Hall–Kier alpha value is -5.13. The first-order chi connectivity index (χ1) is 21.4. The average Bonchev–Trinajstić information content (AvgIpc) is 3.04. The van der Waals surface area contributed by atoms with E-state index >= 15 is 0 Å². The number of nitriles is 1. The van der Waals surface area contributed by atoms with Gasteiger partial charge in [-0.1, -0.05) is 48.0 Å². The molecule has 0 heterocycles. The third kappa shape index (κ3) is 8.69. The lowest BCUT2D eigenvalue weighted by molar-refractivity contribution is -0.112. The first kappa shape index (κ1) is 31.8. The summed E-state index contributed by atoms with van der Waals surface area (Å²) >= 11 is 6.63. The number of carbonyl (C=O) groups is 1. The topological polar surface area (TPSA) is 99.0 Å². The summed E-state index contributed by atoms with van der Waals surface area (Å²) in [4.78, 5) is 12.8. The first-order valence-corrected chi connectivity index (χ1v) is 14.4. The molecule has 0 spiro atoms. The van der Waals surface area contributed by atoms with Crippen LogP contribution in [0.3, 0.4) is 0 Å². The van der Waals surface area contributed by atoms with Gasteiger partial charge < -0.3 is 29.0 Å². The van der Waals surface area contributed by atoms with Crippen molar-refractivity contribution in [2.75, 3.05) is 25.6 Å². The minimum atomic E-state index is -0.562. The summed E-state index contributed by atoms with van der Waals surface area (Å²) in [6, 6.07) is 27.6. The summed E-state index contributed by atoms with van der Waals surface area (Å²) in [5.41, 5.74) is 2.82. The normalized spacial score (nSPS) is 10.8. The molecule has 8 nitrogen and oxygen atoms in total. The summed E-state index contributed by atoms with van der Waals surface area (Å²) in [6.07, 6.45) is 1.44. The molecule has 0 bridgehead atoms. The predicted octanol–water partition coefficient (Wildman–Crippen LogP) is 7.85. The van der Waals surface area contributed by atoms with E-state index in [9.17, 15) is 10.1 Å². The van der Waals surface area contributed by atoms with Gasteiger partial charge in [0.2, 0.25) is 0 Å². The molecular formula is C35H33ClN2O6. The predicted molar refractivity (Wildman–Crippen MR) is 171 cm³/mol. The van der Waals surface area contributed by atoms with Crippen molar-refractivity contribution < 1.29 is 28.5 Å². The number of nitrogens with zero attached hydrogens (tertiary/aromatic N) is 1. The number of ether oxygens (including phenoxy) is 5. The standard InChI is InChI=1S/C35H33ClN2O6/c1-4-41-32-19-25(11-16-31(32)43-22-24-9-7-6-8-10-24)23-44-34-30(36)18-26(20-33(34)42-5-2)17-27(21-37)35(39)38-28-12-14-29(40-3)15-13-28/h6-20H,4-5,22-23H2,1-3H3,(H,38,39)/b27-17-. The van der Waals surface area contributed by atoms with Crippen LogP contribution in [0.25, 0.3) is 6.08 Å². The zero-order chi connectivity index (χ0) is 31.3. The average molecular weight is 613 g/mol. The van der Waals surface area contributed by atoms with Gasteiger partial charge in [-0.2, -0.15) is 5.26 Å². The van der Waals surface area contributed by atoms with Crippen molar-refractivity contribution in [1.29, 1.82) is 5.26 Å². The molecule has 0 saturated carbocycles. The highest BCUT2D eigenvalue weighted by Gasteiger charge is 2.16. The summed E-state index contributed by atoms with van der Waals surface area (Å²) in [7, 11) is 1.56. The number of methoxy groups -OCH3 is 1. The number of hydrogen-bond donors (Lipinski definition) is 1. The zero-order valence-electron chi connectivity index (χ0n) is 24.8. The molecule has 0 aliphatic rings. The molecule has 4 aromatic rings. The van der Waals surface area contributed by atoms with Gasteiger partial charge in [-0.3, -0.25) is 4.79 Å². The van der Waals surface area contributed by atoms with Crippen molar-refractivity contribution in [3.05, 3.63) is 112 Å². The van der Waals surface area contributed by atoms with Gasteiger partial charge in [-0.15, -0.1) is 0 Å². The lowest BCUT2D eigenvalue weighted by Crippen LogP contribution is -2.13. The highest BCUT2D eigenvalue weighted by atomic mass is 35.5. The van der Waals surface area contributed by atoms with Crippen molar-refractivity contribution in [2.45, 2.75) is 27.1 Å². The Bertz CT molecular complexity index is 1630. The lowest BCUT2D eigenvalue weighted by Gasteiger charge is -2.16. The van der Waals surface area contributed by atoms with Crippen LogP contribution >= 0.6 is 11.6 Å². The fourth-order valence-corrected chi connectivity index (χ4v) is 4.46. The second kappa shape index (κ2) is 15.9.